The molecule has 1 saturated heterocycles. The third-order valence-electron chi connectivity index (χ3n) is 6.70. The number of ether oxygens (including phenoxy) is 1. The number of aliphatic hydroxyl groups excluding tert-OH is 1. The third-order valence-corrected chi connectivity index (χ3v) is 8.60. The number of aromatic nitrogens is 1. The number of rotatable bonds is 13. The Morgan fingerprint density at radius 1 is 1.15 bits per heavy atom. The zero-order valence-corrected chi connectivity index (χ0v) is 23.4. The second kappa shape index (κ2) is 13.2. The van der Waals surface area contributed by atoms with Gasteiger partial charge in [-0.1, -0.05) is 20.3 Å². The van der Waals surface area contributed by atoms with Crippen molar-refractivity contribution in [1.82, 2.24) is 13.9 Å². The molecular formula is C26H37N5O7S. The van der Waals surface area contributed by atoms with E-state index < -0.39 is 21.8 Å². The van der Waals surface area contributed by atoms with Crippen LogP contribution in [-0.4, -0.2) is 91.4 Å². The molecule has 1 fully saturated rings. The molecule has 0 unspecified atom stereocenters. The van der Waals surface area contributed by atoms with E-state index >= 15 is 0 Å². The molecule has 0 atom stereocenters. The number of aliphatic hydroxyl groups is 1. The monoisotopic (exact) mass is 563 g/mol. The molecule has 39 heavy (non-hydrogen) atoms. The molecule has 2 amide bonds. The van der Waals surface area contributed by atoms with Gasteiger partial charge in [0.1, 0.15) is 11.4 Å². The van der Waals surface area contributed by atoms with Gasteiger partial charge in [-0.05, 0) is 43.5 Å². The van der Waals surface area contributed by atoms with Crippen LogP contribution in [0.2, 0.25) is 0 Å². The average molecular weight is 564 g/mol. The summed E-state index contributed by atoms with van der Waals surface area (Å²) in [6, 6.07) is 4.08. The van der Waals surface area contributed by atoms with Crippen LogP contribution in [0, 0.1) is 0 Å². The first-order chi connectivity index (χ1) is 18.6. The van der Waals surface area contributed by atoms with Crippen LogP contribution < -0.4 is 15.9 Å². The Bertz CT molecular complexity index is 1310. The Balaban J connectivity index is 2.03. The Morgan fingerprint density at radius 2 is 1.85 bits per heavy atom. The predicted molar refractivity (Wildman–Crippen MR) is 145 cm³/mol. The summed E-state index contributed by atoms with van der Waals surface area (Å²) in [4.78, 5) is 39.9. The van der Waals surface area contributed by atoms with Crippen LogP contribution in [0.3, 0.4) is 0 Å². The number of carbonyl (C=O) groups excluding carboxylic acids is 3. The lowest BCUT2D eigenvalue weighted by atomic mass is 10.1. The number of hydrogen-bond acceptors (Lipinski definition) is 8. The van der Waals surface area contributed by atoms with Crippen LogP contribution in [0.25, 0.3) is 0 Å². The van der Waals surface area contributed by atoms with Crippen LogP contribution in [0.5, 0.6) is 5.75 Å². The molecule has 1 aromatic heterocycles. The molecule has 214 valence electrons. The van der Waals surface area contributed by atoms with Gasteiger partial charge in [0, 0.05) is 38.3 Å². The molecule has 13 heteroatoms. The maximum atomic E-state index is 13.6. The lowest BCUT2D eigenvalue weighted by Gasteiger charge is -2.33. The summed E-state index contributed by atoms with van der Waals surface area (Å²) in [6.45, 7) is 7.56. The van der Waals surface area contributed by atoms with Crippen LogP contribution in [0.4, 0.5) is 0 Å². The summed E-state index contributed by atoms with van der Waals surface area (Å²) in [5.74, 6) is -1.37. The smallest absolute Gasteiger partial charge is 0.273 e. The molecule has 2 heterocycles. The third kappa shape index (κ3) is 6.32. The number of nitrogens with two attached hydrogens (primary N) is 1. The number of primary amides is 1. The van der Waals surface area contributed by atoms with E-state index in [0.29, 0.717) is 62.0 Å². The molecule has 1 aliphatic rings. The van der Waals surface area contributed by atoms with Crippen molar-refractivity contribution < 1.29 is 32.6 Å². The molecule has 1 aromatic carbocycles. The first kappa shape index (κ1) is 30.3. The standard InChI is InChI=1S/C26H37N5O7S/c1-4-7-22-21(17-33)19(5-2)24(25(27)34)31(22)28-26(35)20-16-18(8-9-23(20)38-6-3)39(36,37)30-12-10-29(11-13-30)14-15-32/h8-9,16-17,32H,4-7,10-15H2,1-3H3,(H2,27,34)(H,28,35). The number of carbonyl (C=O) groups is 3. The van der Waals surface area contributed by atoms with Crippen LogP contribution >= 0.6 is 0 Å². The number of aldehydes is 1. The molecule has 3 rings (SSSR count). The summed E-state index contributed by atoms with van der Waals surface area (Å²) in [7, 11) is -3.93. The number of β-amino-alcohol motifs (C(OH)–C–C–N with tert-alkyl or cyclic N) is 1. The maximum Gasteiger partial charge on any atom is 0.273 e. The largest absolute Gasteiger partial charge is 0.493 e. The Kier molecular flexibility index (Phi) is 10.2. The number of amides is 2. The summed E-state index contributed by atoms with van der Waals surface area (Å²) < 4.78 is 35.1. The van der Waals surface area contributed by atoms with Crippen molar-refractivity contribution in [3.05, 3.63) is 46.3 Å². The van der Waals surface area contributed by atoms with E-state index in [4.69, 9.17) is 15.6 Å². The number of benzene rings is 1. The highest BCUT2D eigenvalue weighted by atomic mass is 32.2. The Hall–Kier alpha value is -3.26. The molecule has 12 nitrogen and oxygen atoms in total. The number of nitrogens with one attached hydrogen (secondary N) is 1. The van der Waals surface area contributed by atoms with Gasteiger partial charge in [0.2, 0.25) is 10.0 Å². The highest BCUT2D eigenvalue weighted by Crippen LogP contribution is 2.28. The van der Waals surface area contributed by atoms with Gasteiger partial charge in [0.05, 0.1) is 29.4 Å². The first-order valence-electron chi connectivity index (χ1n) is 13.1. The van der Waals surface area contributed by atoms with Crippen molar-refractivity contribution >= 4 is 28.1 Å². The highest BCUT2D eigenvalue weighted by molar-refractivity contribution is 7.89. The normalized spacial score (nSPS) is 14.8. The van der Waals surface area contributed by atoms with Gasteiger partial charge in [-0.25, -0.2) is 8.42 Å². The number of hydrogen-bond donors (Lipinski definition) is 3. The topological polar surface area (TPSA) is 164 Å². The molecule has 0 aliphatic carbocycles. The van der Waals surface area contributed by atoms with Gasteiger partial charge in [-0.15, -0.1) is 0 Å². The molecule has 0 bridgehead atoms. The maximum absolute atomic E-state index is 13.6. The van der Waals surface area contributed by atoms with Crippen LogP contribution in [-0.2, 0) is 22.9 Å². The fraction of sp³-hybridized carbons (Fsp3) is 0.500. The van der Waals surface area contributed by atoms with Crippen molar-refractivity contribution in [3.63, 3.8) is 0 Å². The number of nitrogens with zero attached hydrogens (tertiary/aromatic N) is 3. The Morgan fingerprint density at radius 3 is 2.38 bits per heavy atom. The van der Waals surface area contributed by atoms with Crippen molar-refractivity contribution in [2.24, 2.45) is 5.73 Å². The van der Waals surface area contributed by atoms with E-state index in [1.165, 1.54) is 27.2 Å². The SMILES string of the molecule is CCCc1c(C=O)c(CC)c(C(N)=O)n1NC(=O)c1cc(S(=O)(=O)N2CCN(CCO)CC2)ccc1OCC. The lowest BCUT2D eigenvalue weighted by Crippen LogP contribution is -2.49. The van der Waals surface area contributed by atoms with Gasteiger partial charge in [-0.2, -0.15) is 4.31 Å². The molecular weight excluding hydrogens is 526 g/mol. The summed E-state index contributed by atoms with van der Waals surface area (Å²) in [5, 5.41) is 9.15. The number of piperazine rings is 1. The second-order valence-corrected chi connectivity index (χ2v) is 11.0. The van der Waals surface area contributed by atoms with E-state index in [9.17, 15) is 22.8 Å². The first-order valence-corrected chi connectivity index (χ1v) is 14.5. The van der Waals surface area contributed by atoms with E-state index in [2.05, 4.69) is 5.43 Å². The molecule has 0 spiro atoms. The van der Waals surface area contributed by atoms with Gasteiger partial charge in [0.25, 0.3) is 11.8 Å². The zero-order chi connectivity index (χ0) is 28.7. The fourth-order valence-corrected chi connectivity index (χ4v) is 6.28. The Labute approximate surface area is 228 Å². The van der Waals surface area contributed by atoms with Gasteiger partial charge in [0.15, 0.2) is 6.29 Å². The lowest BCUT2D eigenvalue weighted by molar-refractivity contribution is 0.0985. The molecule has 4 N–H and O–H groups in total. The van der Waals surface area contributed by atoms with E-state index in [1.807, 2.05) is 11.8 Å². The van der Waals surface area contributed by atoms with E-state index in [1.54, 1.807) is 13.8 Å². The minimum Gasteiger partial charge on any atom is -0.493 e. The molecule has 2 aromatic rings. The summed E-state index contributed by atoms with van der Waals surface area (Å²) in [6.07, 6.45) is 2.02. The molecule has 1 aliphatic heterocycles. The quantitative estimate of drug-likeness (QED) is 0.304. The number of sulfonamides is 1. The summed E-state index contributed by atoms with van der Waals surface area (Å²) in [5.41, 5.74) is 9.45. The second-order valence-electron chi connectivity index (χ2n) is 9.11. The van der Waals surface area contributed by atoms with Crippen molar-refractivity contribution in [3.8, 4) is 5.75 Å². The van der Waals surface area contributed by atoms with E-state index in [-0.39, 0.29) is 48.2 Å². The van der Waals surface area contributed by atoms with Crippen molar-refractivity contribution in [1.29, 1.82) is 0 Å². The molecule has 0 radical (unpaired) electrons. The van der Waals surface area contributed by atoms with Gasteiger partial charge in [-0.3, -0.25) is 29.4 Å². The minimum absolute atomic E-state index is 0.00103. The predicted octanol–water partition coefficient (Wildman–Crippen LogP) is 0.996. The van der Waals surface area contributed by atoms with Crippen LogP contribution in [0.1, 0.15) is 69.7 Å². The van der Waals surface area contributed by atoms with Crippen molar-refractivity contribution in [2.45, 2.75) is 44.9 Å². The van der Waals surface area contributed by atoms with Crippen LogP contribution in [0.15, 0.2) is 23.1 Å². The fourth-order valence-electron chi connectivity index (χ4n) is 4.83. The average Bonchev–Trinajstić information content (AvgIpc) is 3.21. The van der Waals surface area contributed by atoms with Gasteiger partial charge >= 0.3 is 0 Å². The highest BCUT2D eigenvalue weighted by Gasteiger charge is 2.31. The van der Waals surface area contributed by atoms with Gasteiger partial charge < -0.3 is 15.6 Å². The van der Waals surface area contributed by atoms with E-state index in [0.717, 1.165) is 0 Å². The molecule has 0 saturated carbocycles. The minimum atomic E-state index is -3.93. The van der Waals surface area contributed by atoms with Crippen molar-refractivity contribution in [2.75, 3.05) is 51.4 Å². The summed E-state index contributed by atoms with van der Waals surface area (Å²) >= 11 is 0. The zero-order valence-electron chi connectivity index (χ0n) is 22.6.